The van der Waals surface area contributed by atoms with Crippen molar-refractivity contribution >= 4 is 23.6 Å². The van der Waals surface area contributed by atoms with Gasteiger partial charge in [0.2, 0.25) is 0 Å². The monoisotopic (exact) mass is 397 g/mol. The summed E-state index contributed by atoms with van der Waals surface area (Å²) in [5, 5.41) is 16.3. The second-order valence-corrected chi connectivity index (χ2v) is 6.33. The lowest BCUT2D eigenvalue weighted by atomic mass is 10.1. The molecule has 0 heterocycles. The number of carbonyl (C=O) groups excluding carboxylic acids is 2. The molecule has 0 aliphatic heterocycles. The van der Waals surface area contributed by atoms with Crippen molar-refractivity contribution < 1.29 is 19.2 Å². The van der Waals surface area contributed by atoms with E-state index in [2.05, 4.69) is 10.6 Å². The molecule has 0 unspecified atom stereocenters. The summed E-state index contributed by atoms with van der Waals surface area (Å²) in [5.74, 6) is -0.943. The Balaban J connectivity index is 2.25. The number of nitro benzene ring substituents is 1. The first kappa shape index (κ1) is 21.8. The fourth-order valence-electron chi connectivity index (χ4n) is 2.47. The normalized spacial score (nSPS) is 11.0. The first-order chi connectivity index (χ1) is 13.9. The van der Waals surface area contributed by atoms with Crippen molar-refractivity contribution in [2.24, 2.45) is 0 Å². The number of aryl methyl sites for hydroxylation is 1. The van der Waals surface area contributed by atoms with E-state index in [1.54, 1.807) is 37.4 Å². The van der Waals surface area contributed by atoms with Gasteiger partial charge in [-0.25, -0.2) is 0 Å². The SMILES string of the molecule is COCCCNC(=O)C(=Cc1cccc([N+](=O)[O-])c1)NC(=O)c1ccc(C)cc1. The van der Waals surface area contributed by atoms with Gasteiger partial charge in [0, 0.05) is 38.0 Å². The van der Waals surface area contributed by atoms with Crippen LogP contribution in [0.4, 0.5) is 5.69 Å². The Morgan fingerprint density at radius 1 is 1.17 bits per heavy atom. The van der Waals surface area contributed by atoms with Crippen molar-refractivity contribution in [1.82, 2.24) is 10.6 Å². The molecular formula is C21H23N3O5. The zero-order chi connectivity index (χ0) is 21.2. The molecule has 29 heavy (non-hydrogen) atoms. The molecule has 0 aliphatic rings. The van der Waals surface area contributed by atoms with E-state index in [0.717, 1.165) is 5.56 Å². The maximum Gasteiger partial charge on any atom is 0.270 e. The van der Waals surface area contributed by atoms with E-state index >= 15 is 0 Å². The number of amides is 2. The Kier molecular flexibility index (Phi) is 8.05. The summed E-state index contributed by atoms with van der Waals surface area (Å²) in [6.07, 6.45) is 2.02. The Labute approximate surface area is 168 Å². The number of nitro groups is 1. The lowest BCUT2D eigenvalue weighted by Gasteiger charge is -2.11. The van der Waals surface area contributed by atoms with Crippen LogP contribution in [0.25, 0.3) is 6.08 Å². The highest BCUT2D eigenvalue weighted by atomic mass is 16.6. The smallest absolute Gasteiger partial charge is 0.270 e. The second kappa shape index (κ2) is 10.7. The number of carbonyl (C=O) groups is 2. The molecule has 0 fully saturated rings. The third-order valence-corrected chi connectivity index (χ3v) is 4.01. The van der Waals surface area contributed by atoms with Crippen LogP contribution in [0.3, 0.4) is 0 Å². The van der Waals surface area contributed by atoms with Crippen LogP contribution < -0.4 is 10.6 Å². The number of benzene rings is 2. The van der Waals surface area contributed by atoms with Crippen molar-refractivity contribution in [1.29, 1.82) is 0 Å². The summed E-state index contributed by atoms with van der Waals surface area (Å²) in [6, 6.07) is 12.7. The molecular weight excluding hydrogens is 374 g/mol. The molecule has 152 valence electrons. The van der Waals surface area contributed by atoms with Crippen molar-refractivity contribution in [3.8, 4) is 0 Å². The van der Waals surface area contributed by atoms with Gasteiger partial charge in [0.1, 0.15) is 5.70 Å². The number of hydrogen-bond acceptors (Lipinski definition) is 5. The summed E-state index contributed by atoms with van der Waals surface area (Å²) in [5.41, 5.74) is 1.71. The van der Waals surface area contributed by atoms with Gasteiger partial charge in [-0.05, 0) is 37.1 Å². The number of nitrogens with one attached hydrogen (secondary N) is 2. The molecule has 2 N–H and O–H groups in total. The van der Waals surface area contributed by atoms with Gasteiger partial charge in [-0.2, -0.15) is 0 Å². The minimum absolute atomic E-state index is 0.00603. The van der Waals surface area contributed by atoms with Gasteiger partial charge < -0.3 is 15.4 Å². The molecule has 8 heteroatoms. The van der Waals surface area contributed by atoms with Crippen LogP contribution >= 0.6 is 0 Å². The number of methoxy groups -OCH3 is 1. The van der Waals surface area contributed by atoms with Crippen LogP contribution in [0.2, 0.25) is 0 Å². The van der Waals surface area contributed by atoms with Crippen LogP contribution in [0.1, 0.15) is 27.9 Å². The number of rotatable bonds is 9. The second-order valence-electron chi connectivity index (χ2n) is 6.33. The molecule has 0 radical (unpaired) electrons. The van der Waals surface area contributed by atoms with E-state index in [-0.39, 0.29) is 11.4 Å². The van der Waals surface area contributed by atoms with Gasteiger partial charge in [0.15, 0.2) is 0 Å². The maximum absolute atomic E-state index is 12.6. The highest BCUT2D eigenvalue weighted by Gasteiger charge is 2.15. The molecule has 0 aromatic heterocycles. The lowest BCUT2D eigenvalue weighted by Crippen LogP contribution is -2.35. The van der Waals surface area contributed by atoms with Crippen LogP contribution in [-0.4, -0.2) is 37.0 Å². The molecule has 2 aromatic rings. The van der Waals surface area contributed by atoms with E-state index in [1.165, 1.54) is 24.3 Å². The Morgan fingerprint density at radius 2 is 1.90 bits per heavy atom. The average Bonchev–Trinajstić information content (AvgIpc) is 2.71. The zero-order valence-corrected chi connectivity index (χ0v) is 16.3. The van der Waals surface area contributed by atoms with Crippen molar-refractivity contribution in [3.05, 3.63) is 81.0 Å². The summed E-state index contributed by atoms with van der Waals surface area (Å²) in [4.78, 5) is 35.6. The van der Waals surface area contributed by atoms with Crippen molar-refractivity contribution in [2.75, 3.05) is 20.3 Å². The fourth-order valence-corrected chi connectivity index (χ4v) is 2.47. The van der Waals surface area contributed by atoms with Gasteiger partial charge in [-0.15, -0.1) is 0 Å². The van der Waals surface area contributed by atoms with Gasteiger partial charge in [0.25, 0.3) is 17.5 Å². The third-order valence-electron chi connectivity index (χ3n) is 4.01. The van der Waals surface area contributed by atoms with E-state index in [0.29, 0.717) is 30.7 Å². The van der Waals surface area contributed by atoms with Crippen LogP contribution in [0.5, 0.6) is 0 Å². The molecule has 8 nitrogen and oxygen atoms in total. The van der Waals surface area contributed by atoms with Crippen LogP contribution in [0, 0.1) is 17.0 Å². The molecule has 0 aliphatic carbocycles. The molecule has 0 bridgehead atoms. The summed E-state index contributed by atoms with van der Waals surface area (Å²) < 4.78 is 4.95. The maximum atomic E-state index is 12.6. The predicted octanol–water partition coefficient (Wildman–Crippen LogP) is 2.83. The van der Waals surface area contributed by atoms with Gasteiger partial charge in [-0.1, -0.05) is 29.8 Å². The van der Waals surface area contributed by atoms with E-state index < -0.39 is 16.7 Å². The van der Waals surface area contributed by atoms with Crippen LogP contribution in [0.15, 0.2) is 54.2 Å². The van der Waals surface area contributed by atoms with E-state index in [4.69, 9.17) is 4.74 Å². The molecule has 0 saturated carbocycles. The number of nitrogens with zero attached hydrogens (tertiary/aromatic N) is 1. The van der Waals surface area contributed by atoms with E-state index in [1.807, 2.05) is 6.92 Å². The summed E-state index contributed by atoms with van der Waals surface area (Å²) >= 11 is 0. The Hall–Kier alpha value is -3.52. The number of ether oxygens (including phenoxy) is 1. The lowest BCUT2D eigenvalue weighted by molar-refractivity contribution is -0.384. The molecule has 2 rings (SSSR count). The Bertz CT molecular complexity index is 907. The first-order valence-corrected chi connectivity index (χ1v) is 9.02. The minimum atomic E-state index is -0.521. The van der Waals surface area contributed by atoms with E-state index in [9.17, 15) is 19.7 Å². The van der Waals surface area contributed by atoms with Gasteiger partial charge in [-0.3, -0.25) is 19.7 Å². The average molecular weight is 397 g/mol. The highest BCUT2D eigenvalue weighted by molar-refractivity contribution is 6.05. The minimum Gasteiger partial charge on any atom is -0.385 e. The third kappa shape index (κ3) is 6.86. The standard InChI is InChI=1S/C21H23N3O5/c1-15-7-9-17(10-8-15)20(25)23-19(21(26)22-11-4-12-29-2)14-16-5-3-6-18(13-16)24(27)28/h3,5-10,13-14H,4,11-12H2,1-2H3,(H,22,26)(H,23,25). The van der Waals surface area contributed by atoms with Gasteiger partial charge in [0.05, 0.1) is 4.92 Å². The summed E-state index contributed by atoms with van der Waals surface area (Å²) in [6.45, 7) is 2.75. The fraction of sp³-hybridized carbons (Fsp3) is 0.238. The predicted molar refractivity (Wildman–Crippen MR) is 109 cm³/mol. The topological polar surface area (TPSA) is 111 Å². The highest BCUT2D eigenvalue weighted by Crippen LogP contribution is 2.15. The van der Waals surface area contributed by atoms with Crippen molar-refractivity contribution in [2.45, 2.75) is 13.3 Å². The largest absolute Gasteiger partial charge is 0.385 e. The molecule has 2 aromatic carbocycles. The van der Waals surface area contributed by atoms with Gasteiger partial charge >= 0.3 is 0 Å². The number of hydrogen-bond donors (Lipinski definition) is 2. The molecule has 2 amide bonds. The molecule has 0 spiro atoms. The number of non-ortho nitro benzene ring substituents is 1. The molecule has 0 saturated heterocycles. The zero-order valence-electron chi connectivity index (χ0n) is 16.3. The summed E-state index contributed by atoms with van der Waals surface area (Å²) in [7, 11) is 1.57. The quantitative estimate of drug-likeness (QED) is 0.293. The first-order valence-electron chi connectivity index (χ1n) is 9.02. The Morgan fingerprint density at radius 3 is 2.55 bits per heavy atom. The van der Waals surface area contributed by atoms with Crippen molar-refractivity contribution in [3.63, 3.8) is 0 Å². The van der Waals surface area contributed by atoms with Crippen LogP contribution in [-0.2, 0) is 9.53 Å². The molecule has 0 atom stereocenters.